The van der Waals surface area contributed by atoms with E-state index in [1.54, 1.807) is 12.1 Å². The average molecular weight is 256 g/mol. The Bertz CT molecular complexity index is 525. The molecule has 1 rings (SSSR count). The fraction of sp³-hybridized carbons (Fsp3) is 0.100. The van der Waals surface area contributed by atoms with Gasteiger partial charge in [-0.15, -0.1) is 0 Å². The number of ether oxygens (including phenoxy) is 1. The third-order valence-electron chi connectivity index (χ3n) is 1.81. The van der Waals surface area contributed by atoms with E-state index in [4.69, 9.17) is 5.73 Å². The minimum absolute atomic E-state index is 0.0737. The van der Waals surface area contributed by atoms with Gasteiger partial charge in [-0.3, -0.25) is 0 Å². The summed E-state index contributed by atoms with van der Waals surface area (Å²) in [4.78, 5) is 10.5. The van der Waals surface area contributed by atoms with Gasteiger partial charge in [0.25, 0.3) is 0 Å². The summed E-state index contributed by atoms with van der Waals surface area (Å²) in [6.45, 7) is 3.24. The minimum Gasteiger partial charge on any atom is -0.410 e. The Morgan fingerprint density at radius 1 is 1.53 bits per heavy atom. The third kappa shape index (κ3) is 4.66. The standard InChI is InChI=1S/C10H12N2O4S/c1-2-17(14,15)12-7-8-4-3-5-9(6-8)16-10(11)13/h2-6,12H,1,7H2,(H2,11,13). The number of sulfonamides is 1. The van der Waals surface area contributed by atoms with Crippen LogP contribution in [0.2, 0.25) is 0 Å². The number of rotatable bonds is 5. The van der Waals surface area contributed by atoms with Crippen molar-refractivity contribution in [2.45, 2.75) is 6.54 Å². The highest BCUT2D eigenvalue weighted by atomic mass is 32.2. The van der Waals surface area contributed by atoms with Gasteiger partial charge in [0.1, 0.15) is 5.75 Å². The largest absolute Gasteiger partial charge is 0.410 e. The third-order valence-corrected chi connectivity index (χ3v) is 2.80. The van der Waals surface area contributed by atoms with Crippen LogP contribution in [0.1, 0.15) is 5.56 Å². The maximum Gasteiger partial charge on any atom is 0.409 e. The van der Waals surface area contributed by atoms with E-state index in [1.165, 1.54) is 12.1 Å². The fourth-order valence-corrected chi connectivity index (χ4v) is 1.56. The maximum absolute atomic E-state index is 11.1. The summed E-state index contributed by atoms with van der Waals surface area (Å²) in [7, 11) is -3.47. The van der Waals surface area contributed by atoms with Gasteiger partial charge in [-0.05, 0) is 17.7 Å². The van der Waals surface area contributed by atoms with Crippen LogP contribution < -0.4 is 15.2 Å². The summed E-state index contributed by atoms with van der Waals surface area (Å²) in [6.07, 6.45) is -0.922. The summed E-state index contributed by atoms with van der Waals surface area (Å²) in [5.41, 5.74) is 5.49. The number of hydrogen-bond acceptors (Lipinski definition) is 4. The van der Waals surface area contributed by atoms with Gasteiger partial charge in [-0.2, -0.15) is 0 Å². The zero-order valence-electron chi connectivity index (χ0n) is 8.92. The highest BCUT2D eigenvalue weighted by Gasteiger charge is 2.05. The topological polar surface area (TPSA) is 98.5 Å². The molecule has 0 saturated carbocycles. The Balaban J connectivity index is 2.72. The van der Waals surface area contributed by atoms with Crippen LogP contribution in [0.5, 0.6) is 5.75 Å². The number of carbonyl (C=O) groups excluding carboxylic acids is 1. The maximum atomic E-state index is 11.1. The smallest absolute Gasteiger partial charge is 0.409 e. The summed E-state index contributed by atoms with van der Waals surface area (Å²) < 4.78 is 29.1. The van der Waals surface area contributed by atoms with E-state index in [0.717, 1.165) is 5.41 Å². The SMILES string of the molecule is C=CS(=O)(=O)NCc1cccc(OC(N)=O)c1. The molecule has 17 heavy (non-hydrogen) atoms. The first-order valence-electron chi connectivity index (χ1n) is 4.61. The van der Waals surface area contributed by atoms with Crippen molar-refractivity contribution in [1.82, 2.24) is 4.72 Å². The van der Waals surface area contributed by atoms with Gasteiger partial charge in [0.05, 0.1) is 0 Å². The fourth-order valence-electron chi connectivity index (χ4n) is 1.08. The summed E-state index contributed by atoms with van der Waals surface area (Å²) in [5, 5.41) is 0.816. The molecule has 0 radical (unpaired) electrons. The van der Waals surface area contributed by atoms with E-state index >= 15 is 0 Å². The van der Waals surface area contributed by atoms with Crippen LogP contribution in [-0.2, 0) is 16.6 Å². The molecule has 0 aromatic heterocycles. The Morgan fingerprint density at radius 3 is 2.82 bits per heavy atom. The number of carbonyl (C=O) groups is 1. The van der Waals surface area contributed by atoms with E-state index in [0.29, 0.717) is 5.56 Å². The van der Waals surface area contributed by atoms with E-state index in [2.05, 4.69) is 16.0 Å². The van der Waals surface area contributed by atoms with Gasteiger partial charge in [0.15, 0.2) is 0 Å². The van der Waals surface area contributed by atoms with Gasteiger partial charge < -0.3 is 10.5 Å². The highest BCUT2D eigenvalue weighted by molar-refractivity contribution is 7.92. The van der Waals surface area contributed by atoms with Crippen molar-refractivity contribution in [2.75, 3.05) is 0 Å². The van der Waals surface area contributed by atoms with Crippen LogP contribution in [-0.4, -0.2) is 14.5 Å². The van der Waals surface area contributed by atoms with Gasteiger partial charge >= 0.3 is 6.09 Å². The number of nitrogens with two attached hydrogens (primary N) is 1. The normalized spacial score (nSPS) is 10.8. The second-order valence-electron chi connectivity index (χ2n) is 3.10. The predicted octanol–water partition coefficient (Wildman–Crippen LogP) is 0.707. The van der Waals surface area contributed by atoms with Crippen molar-refractivity contribution in [1.29, 1.82) is 0 Å². The second kappa shape index (κ2) is 5.46. The van der Waals surface area contributed by atoms with E-state index < -0.39 is 16.1 Å². The van der Waals surface area contributed by atoms with Gasteiger partial charge in [0, 0.05) is 12.0 Å². The van der Waals surface area contributed by atoms with E-state index in [-0.39, 0.29) is 12.3 Å². The lowest BCUT2D eigenvalue weighted by molar-refractivity contribution is 0.211. The molecule has 1 aromatic rings. The molecular formula is C10H12N2O4S. The zero-order chi connectivity index (χ0) is 12.9. The van der Waals surface area contributed by atoms with Crippen LogP contribution in [0.3, 0.4) is 0 Å². The first-order valence-corrected chi connectivity index (χ1v) is 6.16. The molecule has 0 aliphatic heterocycles. The van der Waals surface area contributed by atoms with Crippen LogP contribution in [0.4, 0.5) is 4.79 Å². The Hall–Kier alpha value is -1.86. The highest BCUT2D eigenvalue weighted by Crippen LogP contribution is 2.13. The monoisotopic (exact) mass is 256 g/mol. The quantitative estimate of drug-likeness (QED) is 0.810. The van der Waals surface area contributed by atoms with Crippen molar-refractivity contribution in [3.05, 3.63) is 41.8 Å². The van der Waals surface area contributed by atoms with Crippen molar-refractivity contribution in [2.24, 2.45) is 5.73 Å². The first kappa shape index (κ1) is 13.2. The molecule has 3 N–H and O–H groups in total. The summed E-state index contributed by atoms with van der Waals surface area (Å²) >= 11 is 0. The molecule has 0 aliphatic rings. The van der Waals surface area contributed by atoms with Gasteiger partial charge in [0.2, 0.25) is 10.0 Å². The number of amides is 1. The second-order valence-corrected chi connectivity index (χ2v) is 4.81. The molecule has 1 aromatic carbocycles. The lowest BCUT2D eigenvalue weighted by Gasteiger charge is -2.05. The molecule has 92 valence electrons. The molecule has 0 fully saturated rings. The predicted molar refractivity (Wildman–Crippen MR) is 62.6 cm³/mol. The van der Waals surface area contributed by atoms with Crippen molar-refractivity contribution < 1.29 is 17.9 Å². The van der Waals surface area contributed by atoms with Crippen molar-refractivity contribution in [3.8, 4) is 5.75 Å². The van der Waals surface area contributed by atoms with E-state index in [9.17, 15) is 13.2 Å². The molecule has 0 unspecified atom stereocenters. The van der Waals surface area contributed by atoms with Crippen LogP contribution >= 0.6 is 0 Å². The lowest BCUT2D eigenvalue weighted by atomic mass is 10.2. The Morgan fingerprint density at radius 2 is 2.24 bits per heavy atom. The van der Waals surface area contributed by atoms with Crippen LogP contribution in [0.25, 0.3) is 0 Å². The molecule has 0 bridgehead atoms. The van der Waals surface area contributed by atoms with E-state index in [1.807, 2.05) is 0 Å². The molecule has 0 spiro atoms. The average Bonchev–Trinajstić information content (AvgIpc) is 2.26. The molecule has 0 atom stereocenters. The lowest BCUT2D eigenvalue weighted by Crippen LogP contribution is -2.20. The summed E-state index contributed by atoms with van der Waals surface area (Å²) in [5.74, 6) is 0.257. The van der Waals surface area contributed by atoms with Crippen molar-refractivity contribution in [3.63, 3.8) is 0 Å². The van der Waals surface area contributed by atoms with Crippen LogP contribution in [0.15, 0.2) is 36.3 Å². The van der Waals surface area contributed by atoms with Gasteiger partial charge in [-0.1, -0.05) is 18.7 Å². The Kier molecular flexibility index (Phi) is 4.24. The Labute approximate surface area is 99.1 Å². The zero-order valence-corrected chi connectivity index (χ0v) is 9.74. The molecule has 0 saturated heterocycles. The number of primary amides is 1. The molecule has 0 aliphatic carbocycles. The molecule has 7 heteroatoms. The number of nitrogens with one attached hydrogen (secondary N) is 1. The van der Waals surface area contributed by atoms with Gasteiger partial charge in [-0.25, -0.2) is 17.9 Å². The first-order chi connectivity index (χ1) is 7.93. The molecule has 1 amide bonds. The summed E-state index contributed by atoms with van der Waals surface area (Å²) in [6, 6.07) is 6.35. The van der Waals surface area contributed by atoms with Crippen LogP contribution in [0, 0.1) is 0 Å². The number of hydrogen-bond donors (Lipinski definition) is 2. The molecule has 6 nitrogen and oxygen atoms in total. The minimum atomic E-state index is -3.47. The molecule has 0 heterocycles. The molecular weight excluding hydrogens is 244 g/mol. The number of benzene rings is 1. The van der Waals surface area contributed by atoms with Crippen molar-refractivity contribution >= 4 is 16.1 Å².